The molecule has 11 heteroatoms. The lowest BCUT2D eigenvalue weighted by Crippen LogP contribution is -2.48. The first kappa shape index (κ1) is 28.4. The Hall–Kier alpha value is -2.63. The molecule has 2 aromatic carbocycles. The predicted octanol–water partition coefficient (Wildman–Crippen LogP) is 4.64. The van der Waals surface area contributed by atoms with Gasteiger partial charge in [-0.15, -0.1) is 11.3 Å². The van der Waals surface area contributed by atoms with Crippen LogP contribution < -0.4 is 9.47 Å². The van der Waals surface area contributed by atoms with Crippen LogP contribution in [0.1, 0.15) is 22.9 Å². The number of nitrogens with zero attached hydrogens (tertiary/aromatic N) is 2. The molecule has 0 fully saturated rings. The zero-order valence-electron chi connectivity index (χ0n) is 21.3. The van der Waals surface area contributed by atoms with Gasteiger partial charge in [-0.3, -0.25) is 4.79 Å². The lowest BCUT2D eigenvalue weighted by atomic mass is 10.0. The number of hydrogen-bond acceptors (Lipinski definition) is 7. The van der Waals surface area contributed by atoms with Gasteiger partial charge in [0.05, 0.1) is 24.6 Å². The van der Waals surface area contributed by atoms with Crippen LogP contribution in [-0.2, 0) is 26.0 Å². The van der Waals surface area contributed by atoms with E-state index in [-0.39, 0.29) is 36.5 Å². The number of para-hydroxylation sites is 2. The number of benzene rings is 2. The average Bonchev–Trinajstić information content (AvgIpc) is 3.41. The zero-order chi connectivity index (χ0) is 27.1. The van der Waals surface area contributed by atoms with Crippen molar-refractivity contribution in [1.82, 2.24) is 9.21 Å². The summed E-state index contributed by atoms with van der Waals surface area (Å²) < 4.78 is 44.9. The summed E-state index contributed by atoms with van der Waals surface area (Å²) in [4.78, 5) is 16.8. The molecule has 0 saturated carbocycles. The summed E-state index contributed by atoms with van der Waals surface area (Å²) in [5.41, 5.74) is 1.02. The van der Waals surface area contributed by atoms with Crippen molar-refractivity contribution in [3.05, 3.63) is 75.4 Å². The largest absolute Gasteiger partial charge is 0.493 e. The number of thiophene rings is 1. The minimum absolute atomic E-state index is 0.0851. The fourth-order valence-electron chi connectivity index (χ4n) is 4.45. The molecule has 0 N–H and O–H groups in total. The van der Waals surface area contributed by atoms with Crippen LogP contribution in [0.15, 0.2) is 64.9 Å². The van der Waals surface area contributed by atoms with Crippen molar-refractivity contribution in [2.75, 3.05) is 47.1 Å². The summed E-state index contributed by atoms with van der Waals surface area (Å²) >= 11 is 7.62. The molecule has 0 radical (unpaired) electrons. The lowest BCUT2D eigenvalue weighted by Gasteiger charge is -2.37. The standard InChI is InChI=1S/C27H31ClN2O6S2/c1-34-16-5-14-29(38(32,33)21-10-8-20(28)9-11-21)18-27(31)30-15-12-26-22(13-17-37-26)23(30)19-36-25-7-4-3-6-24(25)35-2/h3-4,6-11,13,17,23H,5,12,14-16,18-19H2,1-2H3/t23-/m0/s1. The molecule has 0 aliphatic carbocycles. The van der Waals surface area contributed by atoms with E-state index in [0.29, 0.717) is 42.5 Å². The monoisotopic (exact) mass is 578 g/mol. The molecule has 0 saturated heterocycles. The number of halogens is 1. The Kier molecular flexibility index (Phi) is 9.67. The summed E-state index contributed by atoms with van der Waals surface area (Å²) in [6, 6.07) is 15.0. The maximum Gasteiger partial charge on any atom is 0.243 e. The molecule has 1 aromatic heterocycles. The molecule has 3 aromatic rings. The predicted molar refractivity (Wildman–Crippen MR) is 148 cm³/mol. The molecule has 0 bridgehead atoms. The van der Waals surface area contributed by atoms with E-state index in [1.54, 1.807) is 30.5 Å². The number of hydrogen-bond donors (Lipinski definition) is 0. The third kappa shape index (κ3) is 6.50. The van der Waals surface area contributed by atoms with E-state index >= 15 is 0 Å². The number of carbonyl (C=O) groups is 1. The van der Waals surface area contributed by atoms with Crippen molar-refractivity contribution >= 4 is 38.9 Å². The number of rotatable bonds is 12. The third-order valence-electron chi connectivity index (χ3n) is 6.40. The lowest BCUT2D eigenvalue weighted by molar-refractivity contribution is -0.135. The van der Waals surface area contributed by atoms with E-state index in [4.69, 9.17) is 25.8 Å². The van der Waals surface area contributed by atoms with Gasteiger partial charge in [0.25, 0.3) is 0 Å². The highest BCUT2D eigenvalue weighted by atomic mass is 35.5. The highest BCUT2D eigenvalue weighted by Crippen LogP contribution is 2.35. The first-order valence-corrected chi connectivity index (χ1v) is 14.9. The second kappa shape index (κ2) is 12.9. The van der Waals surface area contributed by atoms with Crippen LogP contribution in [0.2, 0.25) is 5.02 Å². The van der Waals surface area contributed by atoms with Crippen molar-refractivity contribution in [1.29, 1.82) is 0 Å². The van der Waals surface area contributed by atoms with Crippen molar-refractivity contribution in [2.24, 2.45) is 0 Å². The second-order valence-corrected chi connectivity index (χ2v) is 12.1. The van der Waals surface area contributed by atoms with Crippen LogP contribution in [0.4, 0.5) is 0 Å². The topological polar surface area (TPSA) is 85.4 Å². The molecular weight excluding hydrogens is 548 g/mol. The summed E-state index contributed by atoms with van der Waals surface area (Å²) in [7, 11) is -0.802. The van der Waals surface area contributed by atoms with Crippen molar-refractivity contribution < 1.29 is 27.4 Å². The summed E-state index contributed by atoms with van der Waals surface area (Å²) in [5.74, 6) is 0.895. The van der Waals surface area contributed by atoms with Gasteiger partial charge in [-0.2, -0.15) is 4.31 Å². The summed E-state index contributed by atoms with van der Waals surface area (Å²) in [6.45, 7) is 0.907. The Morgan fingerprint density at radius 2 is 1.84 bits per heavy atom. The summed E-state index contributed by atoms with van der Waals surface area (Å²) in [5, 5.41) is 2.44. The maximum atomic E-state index is 13.7. The van der Waals surface area contributed by atoms with Crippen molar-refractivity contribution in [3.8, 4) is 11.5 Å². The fourth-order valence-corrected chi connectivity index (χ4v) is 6.93. The Bertz CT molecular complexity index is 1330. The molecule has 0 spiro atoms. The average molecular weight is 579 g/mol. The van der Waals surface area contributed by atoms with Gasteiger partial charge in [0, 0.05) is 36.7 Å². The molecule has 8 nitrogen and oxygen atoms in total. The molecule has 1 aliphatic rings. The van der Waals surface area contributed by atoms with E-state index in [0.717, 1.165) is 5.56 Å². The number of sulfonamides is 1. The van der Waals surface area contributed by atoms with E-state index in [9.17, 15) is 13.2 Å². The van der Waals surface area contributed by atoms with Gasteiger partial charge in [0.15, 0.2) is 11.5 Å². The molecule has 1 aliphatic heterocycles. The second-order valence-electron chi connectivity index (χ2n) is 8.75. The van der Waals surface area contributed by atoms with E-state index in [1.165, 1.54) is 33.4 Å². The summed E-state index contributed by atoms with van der Waals surface area (Å²) in [6.07, 6.45) is 1.16. The Morgan fingerprint density at radius 3 is 2.55 bits per heavy atom. The van der Waals surface area contributed by atoms with Crippen LogP contribution in [0.3, 0.4) is 0 Å². The van der Waals surface area contributed by atoms with Crippen LogP contribution in [0.5, 0.6) is 11.5 Å². The van der Waals surface area contributed by atoms with Crippen molar-refractivity contribution in [2.45, 2.75) is 23.8 Å². The number of methoxy groups -OCH3 is 2. The Balaban J connectivity index is 1.57. The Labute approximate surface area is 232 Å². The number of fused-ring (bicyclic) bond motifs is 1. The minimum atomic E-state index is -3.94. The molecule has 204 valence electrons. The van der Waals surface area contributed by atoms with Crippen LogP contribution >= 0.6 is 22.9 Å². The van der Waals surface area contributed by atoms with E-state index in [1.807, 2.05) is 35.7 Å². The molecule has 1 amide bonds. The fraction of sp³-hybridized carbons (Fsp3) is 0.370. The normalized spacial score (nSPS) is 15.4. The van der Waals surface area contributed by atoms with Crippen LogP contribution in [0, 0.1) is 0 Å². The highest BCUT2D eigenvalue weighted by molar-refractivity contribution is 7.89. The quantitative estimate of drug-likeness (QED) is 0.291. The molecular formula is C27H31ClN2O6S2. The van der Waals surface area contributed by atoms with Gasteiger partial charge in [-0.25, -0.2) is 8.42 Å². The molecule has 4 rings (SSSR count). The first-order chi connectivity index (χ1) is 18.3. The maximum absolute atomic E-state index is 13.7. The highest BCUT2D eigenvalue weighted by Gasteiger charge is 2.35. The van der Waals surface area contributed by atoms with E-state index in [2.05, 4.69) is 0 Å². The number of amides is 1. The van der Waals surface area contributed by atoms with Gasteiger partial charge in [-0.1, -0.05) is 23.7 Å². The van der Waals surface area contributed by atoms with E-state index < -0.39 is 10.0 Å². The molecule has 38 heavy (non-hydrogen) atoms. The van der Waals surface area contributed by atoms with Gasteiger partial charge in [-0.05, 0) is 66.2 Å². The first-order valence-electron chi connectivity index (χ1n) is 12.2. The smallest absolute Gasteiger partial charge is 0.243 e. The third-order valence-corrected chi connectivity index (χ3v) is 9.51. The number of carbonyl (C=O) groups excluding carboxylic acids is 1. The van der Waals surface area contributed by atoms with Gasteiger partial charge in [0.1, 0.15) is 6.61 Å². The van der Waals surface area contributed by atoms with Crippen molar-refractivity contribution in [3.63, 3.8) is 0 Å². The van der Waals surface area contributed by atoms with Crippen LogP contribution in [-0.4, -0.2) is 70.6 Å². The zero-order valence-corrected chi connectivity index (χ0v) is 23.7. The SMILES string of the molecule is COCCCN(CC(=O)N1CCc2sccc2[C@@H]1COc1ccccc1OC)S(=O)(=O)c1ccc(Cl)cc1. The molecule has 0 unspecified atom stereocenters. The van der Waals surface area contributed by atoms with Gasteiger partial charge in [0.2, 0.25) is 15.9 Å². The number of ether oxygens (including phenoxy) is 3. The molecule has 2 heterocycles. The molecule has 1 atom stereocenters. The van der Waals surface area contributed by atoms with Gasteiger partial charge >= 0.3 is 0 Å². The van der Waals surface area contributed by atoms with Crippen LogP contribution in [0.25, 0.3) is 0 Å². The Morgan fingerprint density at radius 1 is 1.11 bits per heavy atom. The van der Waals surface area contributed by atoms with Gasteiger partial charge < -0.3 is 19.1 Å². The minimum Gasteiger partial charge on any atom is -0.493 e.